The smallest absolute Gasteiger partial charge is 0.243 e. The number of nitrogens with two attached hydrogens (primary N) is 2. The van der Waals surface area contributed by atoms with Crippen LogP contribution in [0, 0.1) is 0 Å². The Morgan fingerprint density at radius 2 is 1.63 bits per heavy atom. The number of hydrogen-bond donors (Lipinski definition) is 3. The van der Waals surface area contributed by atoms with Gasteiger partial charge in [0.2, 0.25) is 24.1 Å². The Labute approximate surface area is 245 Å². The summed E-state index contributed by atoms with van der Waals surface area (Å²) in [5.41, 5.74) is 10.7. The van der Waals surface area contributed by atoms with E-state index < -0.39 is 53.3 Å². The van der Waals surface area contributed by atoms with Crippen molar-refractivity contribution in [2.75, 3.05) is 26.3 Å². The van der Waals surface area contributed by atoms with Crippen molar-refractivity contribution in [1.82, 2.24) is 15.1 Å². The van der Waals surface area contributed by atoms with Gasteiger partial charge in [-0.05, 0) is 87.0 Å². The lowest BCUT2D eigenvalue weighted by molar-refractivity contribution is -0.143. The Morgan fingerprint density at radius 1 is 1.00 bits per heavy atom. The number of rotatable bonds is 17. The van der Waals surface area contributed by atoms with Gasteiger partial charge in [0.25, 0.3) is 0 Å². The minimum atomic E-state index is -1.02. The van der Waals surface area contributed by atoms with Crippen LogP contribution in [-0.4, -0.2) is 108 Å². The fourth-order valence-corrected chi connectivity index (χ4v) is 5.39. The number of amides is 4. The second kappa shape index (κ2) is 15.3. The van der Waals surface area contributed by atoms with Crippen molar-refractivity contribution in [3.05, 3.63) is 0 Å². The van der Waals surface area contributed by atoms with E-state index in [9.17, 15) is 19.2 Å². The van der Waals surface area contributed by atoms with E-state index in [-0.39, 0.29) is 18.6 Å². The van der Waals surface area contributed by atoms with Gasteiger partial charge in [-0.3, -0.25) is 19.2 Å². The van der Waals surface area contributed by atoms with Crippen molar-refractivity contribution in [1.29, 1.82) is 0 Å². The molecule has 41 heavy (non-hydrogen) atoms. The number of nitrogens with one attached hydrogen (secondary N) is 1. The number of carbonyl (C=O) groups is 4. The highest BCUT2D eigenvalue weighted by Crippen LogP contribution is 2.24. The number of likely N-dealkylation sites (tertiary alicyclic amines) is 2. The molecule has 4 amide bonds. The summed E-state index contributed by atoms with van der Waals surface area (Å²) in [6.07, 6.45) is 3.94. The number of nitrogens with zero attached hydrogens (tertiary/aromatic N) is 2. The van der Waals surface area contributed by atoms with E-state index in [1.54, 1.807) is 6.92 Å². The van der Waals surface area contributed by atoms with Crippen LogP contribution in [0.2, 0.25) is 0 Å². The summed E-state index contributed by atoms with van der Waals surface area (Å²) in [7, 11) is 0. The van der Waals surface area contributed by atoms with Crippen LogP contribution in [0.15, 0.2) is 0 Å². The predicted octanol–water partition coefficient (Wildman–Crippen LogP) is 1.08. The third-order valence-electron chi connectivity index (χ3n) is 8.22. The van der Waals surface area contributed by atoms with E-state index >= 15 is 0 Å². The Bertz CT molecular complexity index is 899. The molecule has 2 rings (SSSR count). The number of hydrogen-bond acceptors (Lipinski definition) is 8. The third-order valence-corrected chi connectivity index (χ3v) is 8.22. The van der Waals surface area contributed by atoms with Gasteiger partial charge in [0.05, 0.1) is 30.0 Å². The molecule has 2 fully saturated rings. The van der Waals surface area contributed by atoms with Crippen molar-refractivity contribution in [2.24, 2.45) is 11.5 Å². The van der Waals surface area contributed by atoms with Crippen molar-refractivity contribution in [3.63, 3.8) is 0 Å². The lowest BCUT2D eigenvalue weighted by Gasteiger charge is -2.35. The number of ether oxygens (including phenoxy) is 3. The molecule has 0 saturated carbocycles. The highest BCUT2D eigenvalue weighted by Gasteiger charge is 2.36. The minimum Gasteiger partial charge on any atom is -0.376 e. The fourth-order valence-electron chi connectivity index (χ4n) is 5.39. The zero-order valence-electron chi connectivity index (χ0n) is 26.0. The van der Waals surface area contributed by atoms with Gasteiger partial charge in [-0.1, -0.05) is 0 Å². The zero-order chi connectivity index (χ0) is 31.0. The molecule has 0 aromatic heterocycles. The van der Waals surface area contributed by atoms with Crippen LogP contribution < -0.4 is 16.8 Å². The molecule has 0 radical (unpaired) electrons. The largest absolute Gasteiger partial charge is 0.376 e. The van der Waals surface area contributed by atoms with Crippen LogP contribution in [0.3, 0.4) is 0 Å². The maximum atomic E-state index is 12.8. The molecule has 0 aliphatic carbocycles. The average Bonchev–Trinajstić information content (AvgIpc) is 3.54. The standard InChI is InChI=1S/C29H53N5O7/c1-19-10-8-15-34(19)27(38)23(30)20(2)41-29(6,7)13-17-40-28(4,5)12-16-39-21(3)24(25(31)36)32-26(37)22-11-9-14-33(22)18-35/h18-24H,8-17,30H2,1-7H3,(H2,31,36)(H,32,37). The molecule has 6 atom stereocenters. The minimum absolute atomic E-state index is 0.0653. The van der Waals surface area contributed by atoms with Crippen LogP contribution in [0.5, 0.6) is 0 Å². The molecule has 12 nitrogen and oxygen atoms in total. The molecule has 0 spiro atoms. The Hall–Kier alpha value is -2.28. The van der Waals surface area contributed by atoms with E-state index in [2.05, 4.69) is 5.32 Å². The molecule has 2 heterocycles. The Kier molecular flexibility index (Phi) is 13.0. The van der Waals surface area contributed by atoms with Gasteiger partial charge < -0.3 is 40.8 Å². The first-order valence-electron chi connectivity index (χ1n) is 14.9. The monoisotopic (exact) mass is 583 g/mol. The molecular formula is C29H53N5O7. The van der Waals surface area contributed by atoms with E-state index in [1.165, 1.54) is 4.90 Å². The van der Waals surface area contributed by atoms with Crippen LogP contribution in [0.4, 0.5) is 0 Å². The SMILES string of the molecule is CC(OC(C)(C)CCOC(C)(C)CCOC(C)C(NC(=O)C1CCCN1C=O)C(N)=O)C(N)C(=O)N1CCCC1C. The van der Waals surface area contributed by atoms with E-state index in [4.69, 9.17) is 25.7 Å². The lowest BCUT2D eigenvalue weighted by Crippen LogP contribution is -2.55. The molecule has 5 N–H and O–H groups in total. The molecule has 0 aromatic carbocycles. The van der Waals surface area contributed by atoms with Crippen molar-refractivity contribution in [3.8, 4) is 0 Å². The second-order valence-electron chi connectivity index (χ2n) is 12.7. The van der Waals surface area contributed by atoms with Crippen LogP contribution in [0.25, 0.3) is 0 Å². The average molecular weight is 584 g/mol. The molecule has 2 aliphatic rings. The summed E-state index contributed by atoms with van der Waals surface area (Å²) in [6, 6.07) is -2.13. The molecule has 12 heteroatoms. The third kappa shape index (κ3) is 10.5. The van der Waals surface area contributed by atoms with Gasteiger partial charge >= 0.3 is 0 Å². The summed E-state index contributed by atoms with van der Waals surface area (Å²) in [4.78, 5) is 52.0. The molecule has 236 valence electrons. The van der Waals surface area contributed by atoms with Crippen LogP contribution in [0.1, 0.15) is 87.0 Å². The Balaban J connectivity index is 1.76. The normalized spacial score (nSPS) is 22.7. The second-order valence-corrected chi connectivity index (χ2v) is 12.7. The van der Waals surface area contributed by atoms with Crippen molar-refractivity contribution >= 4 is 24.1 Å². The maximum Gasteiger partial charge on any atom is 0.243 e. The van der Waals surface area contributed by atoms with E-state index in [0.717, 1.165) is 25.8 Å². The summed E-state index contributed by atoms with van der Waals surface area (Å²) >= 11 is 0. The number of carbonyl (C=O) groups excluding carboxylic acids is 4. The van der Waals surface area contributed by atoms with Gasteiger partial charge in [0.15, 0.2) is 0 Å². The highest BCUT2D eigenvalue weighted by molar-refractivity contribution is 5.90. The van der Waals surface area contributed by atoms with Crippen LogP contribution >= 0.6 is 0 Å². The number of primary amides is 1. The summed E-state index contributed by atoms with van der Waals surface area (Å²) < 4.78 is 18.2. The quantitative estimate of drug-likeness (QED) is 0.214. The first kappa shape index (κ1) is 34.9. The van der Waals surface area contributed by atoms with E-state index in [1.807, 2.05) is 46.4 Å². The molecule has 0 bridgehead atoms. The topological polar surface area (TPSA) is 167 Å². The first-order valence-corrected chi connectivity index (χ1v) is 14.9. The summed E-state index contributed by atoms with van der Waals surface area (Å²) in [6.45, 7) is 15.3. The van der Waals surface area contributed by atoms with Gasteiger partial charge in [0.1, 0.15) is 18.1 Å². The summed E-state index contributed by atoms with van der Waals surface area (Å²) in [5.74, 6) is -1.18. The fraction of sp³-hybridized carbons (Fsp3) is 0.862. The Morgan fingerprint density at radius 3 is 2.22 bits per heavy atom. The molecule has 2 aliphatic heterocycles. The predicted molar refractivity (Wildman–Crippen MR) is 155 cm³/mol. The van der Waals surface area contributed by atoms with Crippen molar-refractivity contribution in [2.45, 2.75) is 135 Å². The van der Waals surface area contributed by atoms with Gasteiger partial charge in [-0.25, -0.2) is 0 Å². The molecule has 2 saturated heterocycles. The van der Waals surface area contributed by atoms with Crippen LogP contribution in [-0.2, 0) is 33.4 Å². The summed E-state index contributed by atoms with van der Waals surface area (Å²) in [5, 5.41) is 2.65. The molecule has 0 aromatic rings. The molecular weight excluding hydrogens is 530 g/mol. The zero-order valence-corrected chi connectivity index (χ0v) is 26.0. The van der Waals surface area contributed by atoms with Gasteiger partial charge in [-0.2, -0.15) is 0 Å². The van der Waals surface area contributed by atoms with Crippen molar-refractivity contribution < 1.29 is 33.4 Å². The first-order chi connectivity index (χ1) is 19.1. The lowest BCUT2D eigenvalue weighted by atomic mass is 10.0. The van der Waals surface area contributed by atoms with Gasteiger partial charge in [0, 0.05) is 25.7 Å². The van der Waals surface area contributed by atoms with E-state index in [0.29, 0.717) is 38.8 Å². The molecule has 6 unspecified atom stereocenters. The van der Waals surface area contributed by atoms with Gasteiger partial charge in [-0.15, -0.1) is 0 Å². The highest BCUT2D eigenvalue weighted by atomic mass is 16.5. The maximum absolute atomic E-state index is 12.8.